The number of benzene rings is 2. The first kappa shape index (κ1) is 17.7. The van der Waals surface area contributed by atoms with Gasteiger partial charge < -0.3 is 14.5 Å². The molecule has 0 aromatic heterocycles. The van der Waals surface area contributed by atoms with Crippen LogP contribution in [0.2, 0.25) is 0 Å². The molecule has 2 aromatic carbocycles. The largest absolute Gasteiger partial charge is 0.399 e. The van der Waals surface area contributed by atoms with E-state index in [0.717, 1.165) is 17.7 Å². The molecule has 1 saturated heterocycles. The van der Waals surface area contributed by atoms with Gasteiger partial charge in [-0.3, -0.25) is 4.79 Å². The minimum Gasteiger partial charge on any atom is -0.399 e. The minimum absolute atomic E-state index is 0.0205. The Bertz CT molecular complexity index is 891. The fraction of sp³-hybridized carbons (Fsp3) is 0.364. The van der Waals surface area contributed by atoms with Crippen molar-refractivity contribution in [2.24, 2.45) is 5.16 Å². The molecule has 1 heterocycles. The lowest BCUT2D eigenvalue weighted by molar-refractivity contribution is 0.0622. The first-order chi connectivity index (χ1) is 13.1. The molecule has 0 radical (unpaired) electrons. The molecular weight excluding hydrogens is 340 g/mol. The Morgan fingerprint density at radius 3 is 2.52 bits per heavy atom. The second-order valence-corrected chi connectivity index (χ2v) is 7.33. The molecule has 1 saturated carbocycles. The van der Waals surface area contributed by atoms with E-state index in [1.165, 1.54) is 18.2 Å². The molecule has 2 aromatic rings. The molecule has 0 N–H and O–H groups in total. The highest BCUT2D eigenvalue weighted by Crippen LogP contribution is 2.51. The van der Waals surface area contributed by atoms with Crippen molar-refractivity contribution in [2.45, 2.75) is 31.4 Å². The minimum atomic E-state index is -0.266. The predicted octanol–water partition coefficient (Wildman–Crippen LogP) is 3.67. The second kappa shape index (κ2) is 6.82. The van der Waals surface area contributed by atoms with Crippen LogP contribution < -0.4 is 0 Å². The van der Waals surface area contributed by atoms with Crippen molar-refractivity contribution in [3.63, 3.8) is 0 Å². The molecule has 1 unspecified atom stereocenters. The molecule has 0 bridgehead atoms. The van der Waals surface area contributed by atoms with Crippen LogP contribution in [0.15, 0.2) is 53.7 Å². The summed E-state index contributed by atoms with van der Waals surface area (Å²) in [6.45, 7) is 2.59. The van der Waals surface area contributed by atoms with Crippen LogP contribution in [0.3, 0.4) is 0 Å². The summed E-state index contributed by atoms with van der Waals surface area (Å²) in [6.07, 6.45) is 1.63. The smallest absolute Gasteiger partial charge is 0.254 e. The molecule has 5 nitrogen and oxygen atoms in total. The lowest BCUT2D eigenvalue weighted by atomic mass is 9.99. The van der Waals surface area contributed by atoms with E-state index < -0.39 is 0 Å². The molecule has 1 spiro atoms. The standard InChI is InChI=1S/C22H24N2O3/c1-15-6-4-5-7-19(15)16-8-10-17(11-9-16)21(25)24-14-18(23-27-3)12-22(24)13-20(22)26-2/h4-11,20H,12-14H2,1-3H3/b23-18+/t20-,22?/m1/s1. The monoisotopic (exact) mass is 364 g/mol. The van der Waals surface area contributed by atoms with Gasteiger partial charge in [-0.15, -0.1) is 0 Å². The van der Waals surface area contributed by atoms with Crippen LogP contribution in [-0.2, 0) is 9.57 Å². The van der Waals surface area contributed by atoms with Crippen LogP contribution in [0.5, 0.6) is 0 Å². The van der Waals surface area contributed by atoms with Gasteiger partial charge in [0.05, 0.1) is 23.9 Å². The van der Waals surface area contributed by atoms with Gasteiger partial charge in [0, 0.05) is 25.5 Å². The molecule has 140 valence electrons. The van der Waals surface area contributed by atoms with E-state index in [9.17, 15) is 4.79 Å². The number of nitrogens with zero attached hydrogens (tertiary/aromatic N) is 2. The number of ether oxygens (including phenoxy) is 1. The van der Waals surface area contributed by atoms with Crippen LogP contribution in [0, 0.1) is 6.92 Å². The van der Waals surface area contributed by atoms with Crippen molar-refractivity contribution < 1.29 is 14.4 Å². The van der Waals surface area contributed by atoms with Crippen molar-refractivity contribution in [3.8, 4) is 11.1 Å². The van der Waals surface area contributed by atoms with E-state index >= 15 is 0 Å². The average molecular weight is 364 g/mol. The third-order valence-corrected chi connectivity index (χ3v) is 5.70. The number of carbonyl (C=O) groups is 1. The first-order valence-corrected chi connectivity index (χ1v) is 9.19. The molecule has 2 atom stereocenters. The van der Waals surface area contributed by atoms with Crippen LogP contribution in [0.25, 0.3) is 11.1 Å². The van der Waals surface area contributed by atoms with E-state index in [0.29, 0.717) is 18.5 Å². The second-order valence-electron chi connectivity index (χ2n) is 7.33. The van der Waals surface area contributed by atoms with Gasteiger partial charge in [0.1, 0.15) is 7.11 Å². The van der Waals surface area contributed by atoms with Crippen molar-refractivity contribution in [3.05, 3.63) is 59.7 Å². The maximum atomic E-state index is 13.2. The maximum Gasteiger partial charge on any atom is 0.254 e. The Morgan fingerprint density at radius 1 is 1.15 bits per heavy atom. The third kappa shape index (κ3) is 3.02. The molecule has 1 amide bonds. The fourth-order valence-electron chi connectivity index (χ4n) is 4.19. The average Bonchev–Trinajstić information content (AvgIpc) is 3.27. The lowest BCUT2D eigenvalue weighted by Crippen LogP contribution is -2.40. The summed E-state index contributed by atoms with van der Waals surface area (Å²) in [6, 6.07) is 16.1. The predicted molar refractivity (Wildman–Crippen MR) is 105 cm³/mol. The molecule has 1 aliphatic carbocycles. The van der Waals surface area contributed by atoms with E-state index in [-0.39, 0.29) is 17.6 Å². The van der Waals surface area contributed by atoms with Crippen molar-refractivity contribution in [1.82, 2.24) is 4.90 Å². The van der Waals surface area contributed by atoms with Crippen molar-refractivity contribution in [2.75, 3.05) is 20.8 Å². The molecular formula is C22H24N2O3. The normalized spacial score (nSPS) is 25.2. The van der Waals surface area contributed by atoms with E-state index in [2.05, 4.69) is 24.2 Å². The number of hydrogen-bond acceptors (Lipinski definition) is 4. The Morgan fingerprint density at radius 2 is 1.89 bits per heavy atom. The van der Waals surface area contributed by atoms with Gasteiger partial charge in [-0.25, -0.2) is 0 Å². The zero-order chi connectivity index (χ0) is 19.0. The summed E-state index contributed by atoms with van der Waals surface area (Å²) in [5.74, 6) is 0.0205. The van der Waals surface area contributed by atoms with Crippen LogP contribution >= 0.6 is 0 Å². The van der Waals surface area contributed by atoms with E-state index in [1.54, 1.807) is 7.11 Å². The van der Waals surface area contributed by atoms with Gasteiger partial charge >= 0.3 is 0 Å². The van der Waals surface area contributed by atoms with E-state index in [4.69, 9.17) is 9.57 Å². The van der Waals surface area contributed by atoms with Gasteiger partial charge in [0.15, 0.2) is 0 Å². The van der Waals surface area contributed by atoms with Crippen LogP contribution in [0.4, 0.5) is 0 Å². The molecule has 2 fully saturated rings. The number of likely N-dealkylation sites (tertiary alicyclic amines) is 1. The molecule has 27 heavy (non-hydrogen) atoms. The Labute approximate surface area is 159 Å². The van der Waals surface area contributed by atoms with Gasteiger partial charge in [-0.1, -0.05) is 41.6 Å². The summed E-state index contributed by atoms with van der Waals surface area (Å²) in [7, 11) is 3.24. The van der Waals surface area contributed by atoms with Crippen molar-refractivity contribution in [1.29, 1.82) is 0 Å². The third-order valence-electron chi connectivity index (χ3n) is 5.70. The lowest BCUT2D eigenvalue weighted by Gasteiger charge is -2.24. The number of carbonyl (C=O) groups excluding carboxylic acids is 1. The van der Waals surface area contributed by atoms with Gasteiger partial charge in [0.2, 0.25) is 0 Å². The number of methoxy groups -OCH3 is 1. The van der Waals surface area contributed by atoms with Crippen LogP contribution in [-0.4, -0.2) is 48.9 Å². The summed E-state index contributed by atoms with van der Waals surface area (Å²) in [5.41, 5.74) is 4.83. The Balaban J connectivity index is 1.59. The molecule has 2 aliphatic rings. The summed E-state index contributed by atoms with van der Waals surface area (Å²) < 4.78 is 5.54. The van der Waals surface area contributed by atoms with Crippen molar-refractivity contribution >= 4 is 11.6 Å². The highest BCUT2D eigenvalue weighted by molar-refractivity contribution is 6.02. The maximum absolute atomic E-state index is 13.2. The topological polar surface area (TPSA) is 51.1 Å². The fourth-order valence-corrected chi connectivity index (χ4v) is 4.19. The number of amides is 1. The highest BCUT2D eigenvalue weighted by Gasteiger charge is 2.64. The molecule has 1 aliphatic heterocycles. The quantitative estimate of drug-likeness (QED) is 0.778. The number of rotatable bonds is 4. The van der Waals surface area contributed by atoms with E-state index in [1.807, 2.05) is 41.3 Å². The highest BCUT2D eigenvalue weighted by atomic mass is 16.6. The Hall–Kier alpha value is -2.66. The van der Waals surface area contributed by atoms with Crippen LogP contribution in [0.1, 0.15) is 28.8 Å². The number of oxime groups is 1. The summed E-state index contributed by atoms with van der Waals surface area (Å²) >= 11 is 0. The summed E-state index contributed by atoms with van der Waals surface area (Å²) in [5, 5.41) is 4.08. The number of hydrogen-bond donors (Lipinski definition) is 0. The Kier molecular flexibility index (Phi) is 4.48. The molecule has 4 rings (SSSR count). The van der Waals surface area contributed by atoms with Gasteiger partial charge in [-0.2, -0.15) is 0 Å². The zero-order valence-corrected chi connectivity index (χ0v) is 15.9. The number of aryl methyl sites for hydroxylation is 1. The first-order valence-electron chi connectivity index (χ1n) is 9.19. The summed E-state index contributed by atoms with van der Waals surface area (Å²) in [4.78, 5) is 20.0. The zero-order valence-electron chi connectivity index (χ0n) is 15.9. The molecule has 5 heteroatoms. The SMILES string of the molecule is CO/N=C1/CN(C(=O)c2ccc(-c3ccccc3C)cc2)C2(C1)C[C@H]2OC. The van der Waals surface area contributed by atoms with Gasteiger partial charge in [-0.05, 0) is 35.7 Å². The van der Waals surface area contributed by atoms with Gasteiger partial charge in [0.25, 0.3) is 5.91 Å².